The van der Waals surface area contributed by atoms with Crippen LogP contribution in [0.2, 0.25) is 0 Å². The molecule has 22 heavy (non-hydrogen) atoms. The number of nitrogens with one attached hydrogen (secondary N) is 1. The highest BCUT2D eigenvalue weighted by molar-refractivity contribution is 7.88. The van der Waals surface area contributed by atoms with Crippen LogP contribution in [-0.2, 0) is 10.0 Å². The van der Waals surface area contributed by atoms with Crippen LogP contribution in [0.15, 0.2) is 12.4 Å². The van der Waals surface area contributed by atoms with Gasteiger partial charge in [0.25, 0.3) is 5.91 Å². The van der Waals surface area contributed by atoms with Gasteiger partial charge in [0.1, 0.15) is 0 Å². The molecule has 1 aromatic heterocycles. The van der Waals surface area contributed by atoms with Gasteiger partial charge in [-0.05, 0) is 25.2 Å². The van der Waals surface area contributed by atoms with E-state index in [0.29, 0.717) is 31.9 Å². The van der Waals surface area contributed by atoms with Gasteiger partial charge in [0.2, 0.25) is 10.0 Å². The van der Waals surface area contributed by atoms with Crippen LogP contribution in [0, 0.1) is 5.92 Å². The van der Waals surface area contributed by atoms with Crippen molar-refractivity contribution in [1.82, 2.24) is 19.2 Å². The monoisotopic (exact) mass is 326 g/mol. The van der Waals surface area contributed by atoms with Gasteiger partial charge < -0.3 is 9.88 Å². The summed E-state index contributed by atoms with van der Waals surface area (Å²) in [5.74, 6) is 0.468. The van der Waals surface area contributed by atoms with E-state index in [4.69, 9.17) is 0 Å². The lowest BCUT2D eigenvalue weighted by atomic mass is 9.89. The Morgan fingerprint density at radius 1 is 1.32 bits per heavy atom. The first-order valence-electron chi connectivity index (χ1n) is 7.72. The van der Waals surface area contributed by atoms with Crippen molar-refractivity contribution in [1.29, 1.82) is 0 Å². The number of piperidine rings is 1. The zero-order chi connectivity index (χ0) is 15.7. The average molecular weight is 326 g/mol. The summed E-state index contributed by atoms with van der Waals surface area (Å²) in [7, 11) is -3.19. The average Bonchev–Trinajstić information content (AvgIpc) is 2.91. The second-order valence-corrected chi connectivity index (χ2v) is 8.11. The number of aromatic nitrogens is 2. The van der Waals surface area contributed by atoms with Crippen molar-refractivity contribution >= 4 is 15.9 Å². The fourth-order valence-corrected chi connectivity index (χ4v) is 4.88. The number of sulfonamides is 1. The van der Waals surface area contributed by atoms with Crippen LogP contribution in [0.4, 0.5) is 0 Å². The molecule has 2 aliphatic heterocycles. The van der Waals surface area contributed by atoms with Gasteiger partial charge in [-0.3, -0.25) is 4.79 Å². The molecular formula is C14H22N4O3S. The first kappa shape index (κ1) is 15.5. The Labute approximate surface area is 130 Å². The van der Waals surface area contributed by atoms with Crippen LogP contribution < -0.4 is 0 Å². The predicted molar refractivity (Wildman–Crippen MR) is 81.8 cm³/mol. The Bertz CT molecular complexity index is 629. The van der Waals surface area contributed by atoms with Crippen molar-refractivity contribution < 1.29 is 13.2 Å². The Balaban J connectivity index is 1.76. The zero-order valence-corrected chi connectivity index (χ0v) is 13.6. The number of hydrogen-bond acceptors (Lipinski definition) is 4. The molecule has 3 heterocycles. The molecule has 2 saturated heterocycles. The van der Waals surface area contributed by atoms with E-state index in [-0.39, 0.29) is 17.9 Å². The molecule has 0 aromatic carbocycles. The van der Waals surface area contributed by atoms with Crippen LogP contribution in [-0.4, -0.2) is 65.4 Å². The van der Waals surface area contributed by atoms with E-state index in [1.165, 1.54) is 6.26 Å². The van der Waals surface area contributed by atoms with Crippen LogP contribution in [0.25, 0.3) is 0 Å². The lowest BCUT2D eigenvalue weighted by Crippen LogP contribution is -2.53. The van der Waals surface area contributed by atoms with Gasteiger partial charge >= 0.3 is 0 Å². The lowest BCUT2D eigenvalue weighted by molar-refractivity contribution is 0.0565. The molecule has 2 fully saturated rings. The maximum Gasteiger partial charge on any atom is 0.289 e. The number of amides is 1. The molecule has 1 aromatic rings. The summed E-state index contributed by atoms with van der Waals surface area (Å²) in [6.45, 7) is 1.79. The van der Waals surface area contributed by atoms with Gasteiger partial charge in [-0.2, -0.15) is 4.31 Å². The smallest absolute Gasteiger partial charge is 0.289 e. The van der Waals surface area contributed by atoms with Crippen molar-refractivity contribution in [2.75, 3.05) is 25.9 Å². The van der Waals surface area contributed by atoms with Crippen molar-refractivity contribution in [3.63, 3.8) is 0 Å². The number of rotatable bonds is 2. The zero-order valence-electron chi connectivity index (χ0n) is 12.7. The Morgan fingerprint density at radius 2 is 2.14 bits per heavy atom. The number of fused-ring (bicyclic) bond motifs is 1. The number of carbonyl (C=O) groups excluding carboxylic acids is 1. The highest BCUT2D eigenvalue weighted by atomic mass is 32.2. The summed E-state index contributed by atoms with van der Waals surface area (Å²) in [6, 6.07) is 0.0261. The molecule has 2 aliphatic rings. The minimum absolute atomic E-state index is 0.0261. The number of nitrogens with zero attached hydrogens (tertiary/aromatic N) is 3. The first-order valence-corrected chi connectivity index (χ1v) is 9.57. The molecule has 122 valence electrons. The van der Waals surface area contributed by atoms with E-state index in [9.17, 15) is 13.2 Å². The normalized spacial score (nSPS) is 27.2. The van der Waals surface area contributed by atoms with Crippen LogP contribution in [0.3, 0.4) is 0 Å². The van der Waals surface area contributed by atoms with Crippen molar-refractivity contribution in [2.45, 2.75) is 31.7 Å². The number of hydrogen-bond donors (Lipinski definition) is 1. The highest BCUT2D eigenvalue weighted by Gasteiger charge is 2.39. The summed E-state index contributed by atoms with van der Waals surface area (Å²) in [5, 5.41) is 0. The van der Waals surface area contributed by atoms with E-state index in [2.05, 4.69) is 9.97 Å². The van der Waals surface area contributed by atoms with Crippen LogP contribution >= 0.6 is 0 Å². The summed E-state index contributed by atoms with van der Waals surface area (Å²) < 4.78 is 25.7. The molecule has 1 N–H and O–H groups in total. The molecule has 7 nitrogen and oxygen atoms in total. The lowest BCUT2D eigenvalue weighted by Gasteiger charge is -2.41. The highest BCUT2D eigenvalue weighted by Crippen LogP contribution is 2.31. The Hall–Kier alpha value is -1.41. The molecule has 1 amide bonds. The molecule has 0 bridgehead atoms. The summed E-state index contributed by atoms with van der Waals surface area (Å²) in [5.41, 5.74) is 0. The van der Waals surface area contributed by atoms with E-state index >= 15 is 0 Å². The van der Waals surface area contributed by atoms with Gasteiger partial charge in [0, 0.05) is 38.1 Å². The topological polar surface area (TPSA) is 86.4 Å². The molecule has 0 aliphatic carbocycles. The van der Waals surface area contributed by atoms with Gasteiger partial charge in [-0.1, -0.05) is 6.42 Å². The molecule has 8 heteroatoms. The molecule has 0 unspecified atom stereocenters. The second kappa shape index (κ2) is 6.00. The SMILES string of the molecule is CS(=O)(=O)N1CCCC[C@H]2CN(C(=O)c3ncc[nH]3)CC[C@H]21. The molecule has 0 radical (unpaired) electrons. The standard InChI is InChI=1S/C14H22N4O3S/c1-22(20,21)18-8-3-2-4-11-10-17(9-5-12(11)18)14(19)13-15-6-7-16-13/h6-7,11-12H,2-5,8-10H2,1H3,(H,15,16)/t11-,12+/m0/s1. The summed E-state index contributed by atoms with van der Waals surface area (Å²) in [4.78, 5) is 21.1. The molecule has 0 spiro atoms. The minimum Gasteiger partial charge on any atom is -0.341 e. The summed E-state index contributed by atoms with van der Waals surface area (Å²) >= 11 is 0. The maximum absolute atomic E-state index is 12.4. The van der Waals surface area contributed by atoms with Gasteiger partial charge in [-0.25, -0.2) is 13.4 Å². The van der Waals surface area contributed by atoms with E-state index in [1.807, 2.05) is 0 Å². The number of imidazole rings is 1. The third-order valence-corrected chi connectivity index (χ3v) is 5.99. The molecule has 3 rings (SSSR count). The Kier molecular flexibility index (Phi) is 4.22. The van der Waals surface area contributed by atoms with Crippen LogP contribution in [0.1, 0.15) is 36.3 Å². The van der Waals surface area contributed by atoms with E-state index in [0.717, 1.165) is 19.3 Å². The number of H-pyrrole nitrogens is 1. The number of likely N-dealkylation sites (tertiary alicyclic amines) is 1. The minimum atomic E-state index is -3.19. The largest absolute Gasteiger partial charge is 0.341 e. The van der Waals surface area contributed by atoms with Crippen LogP contribution in [0.5, 0.6) is 0 Å². The molecule has 0 saturated carbocycles. The second-order valence-electron chi connectivity index (χ2n) is 6.17. The maximum atomic E-state index is 12.4. The quantitative estimate of drug-likeness (QED) is 0.866. The number of carbonyl (C=O) groups is 1. The van der Waals surface area contributed by atoms with E-state index < -0.39 is 10.0 Å². The van der Waals surface area contributed by atoms with Crippen molar-refractivity contribution in [3.05, 3.63) is 18.2 Å². The third kappa shape index (κ3) is 3.03. The van der Waals surface area contributed by atoms with Crippen molar-refractivity contribution in [3.8, 4) is 0 Å². The fourth-order valence-electron chi connectivity index (χ4n) is 3.65. The predicted octanol–water partition coefficient (Wildman–Crippen LogP) is 0.686. The van der Waals surface area contributed by atoms with Gasteiger partial charge in [0.05, 0.1) is 6.26 Å². The summed E-state index contributed by atoms with van der Waals surface area (Å²) in [6.07, 6.45) is 8.06. The molecule has 2 atom stereocenters. The third-order valence-electron chi connectivity index (χ3n) is 4.68. The fraction of sp³-hybridized carbons (Fsp3) is 0.714. The van der Waals surface area contributed by atoms with Gasteiger partial charge in [-0.15, -0.1) is 0 Å². The van der Waals surface area contributed by atoms with Crippen molar-refractivity contribution in [2.24, 2.45) is 5.92 Å². The molecular weight excluding hydrogens is 304 g/mol. The van der Waals surface area contributed by atoms with E-state index in [1.54, 1.807) is 21.6 Å². The van der Waals surface area contributed by atoms with Gasteiger partial charge in [0.15, 0.2) is 5.82 Å². The Morgan fingerprint density at radius 3 is 2.82 bits per heavy atom. The first-order chi connectivity index (χ1) is 10.5. The number of aromatic amines is 1.